The summed E-state index contributed by atoms with van der Waals surface area (Å²) >= 11 is 3.00. The molecular weight excluding hydrogens is 440 g/mol. The average molecular weight is 463 g/mol. The van der Waals surface area contributed by atoms with Crippen LogP contribution in [0.25, 0.3) is 16.4 Å². The number of aromatic nitrogens is 3. The maximum Gasteiger partial charge on any atom is 0.238 e. The monoisotopic (exact) mass is 462 g/mol. The lowest BCUT2D eigenvalue weighted by Gasteiger charge is -2.18. The minimum absolute atomic E-state index is 0.00375. The minimum atomic E-state index is -0.439. The number of amides is 1. The van der Waals surface area contributed by atoms with E-state index in [-0.39, 0.29) is 11.9 Å². The number of thioether (sulfide) groups is 1. The highest BCUT2D eigenvalue weighted by Crippen LogP contribution is 2.40. The van der Waals surface area contributed by atoms with Crippen molar-refractivity contribution in [2.75, 3.05) is 7.11 Å². The van der Waals surface area contributed by atoms with Gasteiger partial charge in [-0.05, 0) is 42.0 Å². The van der Waals surface area contributed by atoms with Crippen molar-refractivity contribution in [3.05, 3.63) is 77.7 Å². The van der Waals surface area contributed by atoms with Gasteiger partial charge in [0, 0.05) is 6.04 Å². The number of nitrogens with zero attached hydrogens (tertiary/aromatic N) is 3. The summed E-state index contributed by atoms with van der Waals surface area (Å²) in [5, 5.41) is 14.4. The van der Waals surface area contributed by atoms with E-state index in [9.17, 15) is 4.79 Å². The van der Waals surface area contributed by atoms with E-state index in [1.54, 1.807) is 18.4 Å². The smallest absolute Gasteiger partial charge is 0.238 e. The first-order valence-electron chi connectivity index (χ1n) is 10.4. The number of hydrogen-bond donors (Lipinski definition) is 1. The Morgan fingerprint density at radius 1 is 1.09 bits per heavy atom. The molecule has 0 spiro atoms. The Balaban J connectivity index is 1.59. The Morgan fingerprint density at radius 3 is 2.59 bits per heavy atom. The first kappa shape index (κ1) is 20.8. The van der Waals surface area contributed by atoms with Crippen LogP contribution in [-0.2, 0) is 4.79 Å². The molecule has 8 heteroatoms. The fourth-order valence-corrected chi connectivity index (χ4v) is 5.21. The van der Waals surface area contributed by atoms with Gasteiger partial charge in [-0.25, -0.2) is 0 Å². The summed E-state index contributed by atoms with van der Waals surface area (Å²) < 4.78 is 7.61. The summed E-state index contributed by atoms with van der Waals surface area (Å²) in [5.41, 5.74) is 1.77. The molecule has 1 atom stereocenters. The van der Waals surface area contributed by atoms with Crippen molar-refractivity contribution in [3.63, 3.8) is 0 Å². The van der Waals surface area contributed by atoms with E-state index in [0.717, 1.165) is 34.8 Å². The van der Waals surface area contributed by atoms with Crippen molar-refractivity contribution >= 4 is 29.0 Å². The van der Waals surface area contributed by atoms with Gasteiger partial charge in [0.1, 0.15) is 11.0 Å². The number of hydrogen-bond acceptors (Lipinski definition) is 6. The van der Waals surface area contributed by atoms with E-state index < -0.39 is 5.25 Å². The predicted octanol–water partition coefficient (Wildman–Crippen LogP) is 5.12. The fourth-order valence-electron chi connectivity index (χ4n) is 3.45. The van der Waals surface area contributed by atoms with Crippen molar-refractivity contribution in [2.45, 2.75) is 29.3 Å². The van der Waals surface area contributed by atoms with Crippen molar-refractivity contribution in [1.82, 2.24) is 20.1 Å². The summed E-state index contributed by atoms with van der Waals surface area (Å²) in [6, 6.07) is 21.9. The van der Waals surface area contributed by atoms with Crippen LogP contribution in [0.4, 0.5) is 0 Å². The molecule has 0 unspecified atom stereocenters. The predicted molar refractivity (Wildman–Crippen MR) is 127 cm³/mol. The standard InChI is InChI=1S/C24H22N4O2S2/c1-30-19-11-6-5-10-18(19)28-22(20-12-7-15-31-20)26-27-24(28)32-21(16-8-3-2-4-9-16)23(29)25-17-13-14-17/h2-12,15,17,21H,13-14H2,1H3,(H,25,29)/t21-/m0/s1. The van der Waals surface area contributed by atoms with Crippen molar-refractivity contribution in [2.24, 2.45) is 0 Å². The molecule has 5 rings (SSSR count). The number of thiophene rings is 1. The largest absolute Gasteiger partial charge is 0.495 e. The lowest BCUT2D eigenvalue weighted by atomic mass is 10.1. The lowest BCUT2D eigenvalue weighted by molar-refractivity contribution is -0.120. The molecule has 2 heterocycles. The van der Waals surface area contributed by atoms with Gasteiger partial charge in [-0.15, -0.1) is 21.5 Å². The second-order valence-corrected chi connectivity index (χ2v) is 9.50. The van der Waals surface area contributed by atoms with Gasteiger partial charge in [0.05, 0.1) is 17.7 Å². The summed E-state index contributed by atoms with van der Waals surface area (Å²) in [6.45, 7) is 0. The summed E-state index contributed by atoms with van der Waals surface area (Å²) in [4.78, 5) is 14.2. The number of methoxy groups -OCH3 is 1. The van der Waals surface area contributed by atoms with Crippen molar-refractivity contribution in [3.8, 4) is 22.1 Å². The minimum Gasteiger partial charge on any atom is -0.495 e. The third-order valence-electron chi connectivity index (χ3n) is 5.19. The molecular formula is C24H22N4O2S2. The topological polar surface area (TPSA) is 69.0 Å². The van der Waals surface area contributed by atoms with Crippen LogP contribution in [0.3, 0.4) is 0 Å². The summed E-state index contributed by atoms with van der Waals surface area (Å²) in [7, 11) is 1.65. The van der Waals surface area contributed by atoms with E-state index in [1.165, 1.54) is 11.8 Å². The molecule has 1 saturated carbocycles. The molecule has 1 N–H and O–H groups in total. The Kier molecular flexibility index (Phi) is 5.96. The zero-order valence-corrected chi connectivity index (χ0v) is 19.1. The van der Waals surface area contributed by atoms with E-state index in [4.69, 9.17) is 4.74 Å². The molecule has 1 fully saturated rings. The van der Waals surface area contributed by atoms with Gasteiger partial charge >= 0.3 is 0 Å². The number of carbonyl (C=O) groups excluding carboxylic acids is 1. The van der Waals surface area contributed by atoms with E-state index in [0.29, 0.717) is 10.9 Å². The third-order valence-corrected chi connectivity index (χ3v) is 7.25. The molecule has 2 aromatic carbocycles. The molecule has 162 valence electrons. The zero-order valence-electron chi connectivity index (χ0n) is 17.5. The highest BCUT2D eigenvalue weighted by molar-refractivity contribution is 8.00. The number of nitrogens with one attached hydrogen (secondary N) is 1. The van der Waals surface area contributed by atoms with Crippen LogP contribution < -0.4 is 10.1 Å². The summed E-state index contributed by atoms with van der Waals surface area (Å²) in [5.74, 6) is 1.43. The molecule has 1 aliphatic carbocycles. The maximum absolute atomic E-state index is 13.2. The normalized spacial score (nSPS) is 14.2. The van der Waals surface area contributed by atoms with Gasteiger partial charge in [0.2, 0.25) is 5.91 Å². The number of para-hydroxylation sites is 2. The molecule has 0 aliphatic heterocycles. The second kappa shape index (κ2) is 9.18. The molecule has 0 saturated heterocycles. The Morgan fingerprint density at radius 2 is 1.88 bits per heavy atom. The van der Waals surface area contributed by atoms with Crippen molar-refractivity contribution in [1.29, 1.82) is 0 Å². The van der Waals surface area contributed by atoms with Gasteiger partial charge < -0.3 is 10.1 Å². The second-order valence-electron chi connectivity index (χ2n) is 7.48. The van der Waals surface area contributed by atoms with Crippen LogP contribution in [0.15, 0.2) is 77.3 Å². The lowest BCUT2D eigenvalue weighted by Crippen LogP contribution is -2.29. The highest BCUT2D eigenvalue weighted by Gasteiger charge is 2.31. The first-order chi connectivity index (χ1) is 15.7. The Hall–Kier alpha value is -3.10. The molecule has 2 aromatic heterocycles. The molecule has 32 heavy (non-hydrogen) atoms. The Bertz CT molecular complexity index is 1200. The van der Waals surface area contributed by atoms with Gasteiger partial charge in [0.25, 0.3) is 0 Å². The number of carbonyl (C=O) groups is 1. The molecule has 6 nitrogen and oxygen atoms in total. The van der Waals surface area contributed by atoms with E-state index in [2.05, 4.69) is 15.5 Å². The van der Waals surface area contributed by atoms with Crippen LogP contribution in [0.2, 0.25) is 0 Å². The Labute approximate surface area is 194 Å². The molecule has 1 amide bonds. The SMILES string of the molecule is COc1ccccc1-n1c(S[C@H](C(=O)NC2CC2)c2ccccc2)nnc1-c1cccs1. The maximum atomic E-state index is 13.2. The van der Waals surface area contributed by atoms with Gasteiger partial charge in [-0.1, -0.05) is 60.3 Å². The van der Waals surface area contributed by atoms with Gasteiger partial charge in [-0.3, -0.25) is 9.36 Å². The van der Waals surface area contributed by atoms with Crippen LogP contribution >= 0.6 is 23.1 Å². The molecule has 0 bridgehead atoms. The number of ether oxygens (including phenoxy) is 1. The van der Waals surface area contributed by atoms with Gasteiger partial charge in [-0.2, -0.15) is 0 Å². The molecule has 0 radical (unpaired) electrons. The van der Waals surface area contributed by atoms with Crippen LogP contribution in [0.5, 0.6) is 5.75 Å². The number of benzene rings is 2. The zero-order chi connectivity index (χ0) is 21.9. The highest BCUT2D eigenvalue weighted by atomic mass is 32.2. The molecule has 4 aromatic rings. The average Bonchev–Trinajstić information content (AvgIpc) is 3.31. The van der Waals surface area contributed by atoms with E-state index in [1.807, 2.05) is 76.7 Å². The third kappa shape index (κ3) is 4.28. The van der Waals surface area contributed by atoms with E-state index >= 15 is 0 Å². The van der Waals surface area contributed by atoms with Crippen LogP contribution in [0.1, 0.15) is 23.7 Å². The first-order valence-corrected chi connectivity index (χ1v) is 12.1. The van der Waals surface area contributed by atoms with Crippen LogP contribution in [-0.4, -0.2) is 33.8 Å². The fraction of sp³-hybridized carbons (Fsp3) is 0.208. The van der Waals surface area contributed by atoms with Crippen LogP contribution in [0, 0.1) is 0 Å². The summed E-state index contributed by atoms with van der Waals surface area (Å²) in [6.07, 6.45) is 2.08. The quantitative estimate of drug-likeness (QED) is 0.368. The van der Waals surface area contributed by atoms with Gasteiger partial charge in [0.15, 0.2) is 11.0 Å². The number of rotatable bonds is 8. The molecule has 1 aliphatic rings. The van der Waals surface area contributed by atoms with Crippen molar-refractivity contribution < 1.29 is 9.53 Å².